The third kappa shape index (κ3) is 2.75. The predicted molar refractivity (Wildman–Crippen MR) is 103 cm³/mol. The molecule has 0 unspecified atom stereocenters. The molecule has 4 aromatic rings. The number of halogens is 1. The molecule has 1 aliphatic rings. The Balaban J connectivity index is 1.32. The Morgan fingerprint density at radius 2 is 2.04 bits per heavy atom. The Labute approximate surface area is 165 Å². The highest BCUT2D eigenvalue weighted by Gasteiger charge is 2.37. The zero-order chi connectivity index (χ0) is 19.3. The summed E-state index contributed by atoms with van der Waals surface area (Å²) in [6.07, 6.45) is 1.86. The lowest BCUT2D eigenvalue weighted by Gasteiger charge is -2.37. The van der Waals surface area contributed by atoms with Gasteiger partial charge in [-0.1, -0.05) is 35.0 Å². The molecule has 0 radical (unpaired) electrons. The maximum atomic E-state index is 12.9. The zero-order valence-electron chi connectivity index (χ0n) is 15.0. The highest BCUT2D eigenvalue weighted by molar-refractivity contribution is 6.30. The van der Waals surface area contributed by atoms with Gasteiger partial charge in [0, 0.05) is 29.9 Å². The number of likely N-dealkylation sites (tertiary alicyclic amines) is 1. The van der Waals surface area contributed by atoms with E-state index < -0.39 is 0 Å². The second-order valence-corrected chi connectivity index (χ2v) is 7.28. The van der Waals surface area contributed by atoms with Crippen LogP contribution in [0.4, 0.5) is 0 Å². The number of aryl methyl sites for hydroxylation is 1. The number of aromatic nitrogens is 4. The van der Waals surface area contributed by atoms with Crippen LogP contribution >= 0.6 is 11.6 Å². The molecular weight excluding hydrogens is 378 g/mol. The maximum Gasteiger partial charge on any atom is 0.272 e. The van der Waals surface area contributed by atoms with Crippen LogP contribution in [-0.4, -0.2) is 43.4 Å². The van der Waals surface area contributed by atoms with Crippen molar-refractivity contribution < 1.29 is 9.32 Å². The number of benzene rings is 1. The van der Waals surface area contributed by atoms with Crippen molar-refractivity contribution in [2.45, 2.75) is 12.8 Å². The van der Waals surface area contributed by atoms with E-state index in [9.17, 15) is 4.79 Å². The highest BCUT2D eigenvalue weighted by atomic mass is 35.5. The fourth-order valence-electron chi connectivity index (χ4n) is 3.47. The van der Waals surface area contributed by atoms with Crippen molar-refractivity contribution in [1.82, 2.24) is 24.4 Å². The van der Waals surface area contributed by atoms with Crippen LogP contribution in [0.25, 0.3) is 17.0 Å². The lowest BCUT2D eigenvalue weighted by Crippen LogP contribution is -2.49. The summed E-state index contributed by atoms with van der Waals surface area (Å²) in [4.78, 5) is 23.7. The Morgan fingerprint density at radius 3 is 2.86 bits per heavy atom. The summed E-state index contributed by atoms with van der Waals surface area (Å²) in [5.74, 6) is 1.03. The molecule has 1 aromatic carbocycles. The van der Waals surface area contributed by atoms with E-state index in [2.05, 4.69) is 15.1 Å². The molecule has 0 bridgehead atoms. The van der Waals surface area contributed by atoms with Gasteiger partial charge in [0.2, 0.25) is 11.7 Å². The van der Waals surface area contributed by atoms with Gasteiger partial charge in [-0.3, -0.25) is 9.20 Å². The molecule has 1 saturated heterocycles. The van der Waals surface area contributed by atoms with E-state index in [0.717, 1.165) is 16.9 Å². The molecule has 0 N–H and O–H groups in total. The summed E-state index contributed by atoms with van der Waals surface area (Å²) in [5, 5.41) is 4.66. The zero-order valence-corrected chi connectivity index (χ0v) is 15.8. The first-order chi connectivity index (χ1) is 13.6. The van der Waals surface area contributed by atoms with Gasteiger partial charge in [0.1, 0.15) is 11.3 Å². The molecule has 5 rings (SSSR count). The topological polar surface area (TPSA) is 76.5 Å². The van der Waals surface area contributed by atoms with Gasteiger partial charge in [0.15, 0.2) is 0 Å². The van der Waals surface area contributed by atoms with Crippen molar-refractivity contribution >= 4 is 23.2 Å². The number of hydrogen-bond donors (Lipinski definition) is 0. The molecule has 3 aromatic heterocycles. The average Bonchev–Trinajstić information content (AvgIpc) is 3.24. The fraction of sp³-hybridized carbons (Fsp3) is 0.200. The predicted octanol–water partition coefficient (Wildman–Crippen LogP) is 3.59. The van der Waals surface area contributed by atoms with Crippen molar-refractivity contribution in [3.63, 3.8) is 0 Å². The molecule has 4 heterocycles. The number of hydrogen-bond acceptors (Lipinski definition) is 5. The van der Waals surface area contributed by atoms with Crippen molar-refractivity contribution in [2.24, 2.45) is 0 Å². The van der Waals surface area contributed by atoms with Gasteiger partial charge in [-0.15, -0.1) is 0 Å². The molecule has 0 atom stereocenters. The Bertz CT molecular complexity index is 1190. The molecular formula is C20H16ClN5O2. The normalized spacial score (nSPS) is 14.4. The van der Waals surface area contributed by atoms with E-state index in [0.29, 0.717) is 35.5 Å². The fourth-order valence-corrected chi connectivity index (χ4v) is 3.66. The smallest absolute Gasteiger partial charge is 0.272 e. The molecule has 0 saturated carbocycles. The van der Waals surface area contributed by atoms with Gasteiger partial charge in [0.25, 0.3) is 5.91 Å². The molecule has 28 heavy (non-hydrogen) atoms. The first-order valence-electron chi connectivity index (χ1n) is 8.92. The van der Waals surface area contributed by atoms with E-state index in [1.807, 2.05) is 47.9 Å². The first-order valence-corrected chi connectivity index (χ1v) is 9.30. The number of imidazole rings is 1. The Morgan fingerprint density at radius 1 is 1.18 bits per heavy atom. The minimum absolute atomic E-state index is 0.0314. The summed E-state index contributed by atoms with van der Waals surface area (Å²) >= 11 is 6.02. The summed E-state index contributed by atoms with van der Waals surface area (Å²) in [7, 11) is 0. The number of amides is 1. The van der Waals surface area contributed by atoms with Crippen molar-refractivity contribution in [2.75, 3.05) is 13.1 Å². The quantitative estimate of drug-likeness (QED) is 0.531. The minimum Gasteiger partial charge on any atom is -0.339 e. The summed E-state index contributed by atoms with van der Waals surface area (Å²) in [5.41, 5.74) is 2.89. The number of rotatable bonds is 3. The molecule has 140 valence electrons. The van der Waals surface area contributed by atoms with E-state index in [1.54, 1.807) is 17.0 Å². The van der Waals surface area contributed by atoms with Crippen LogP contribution in [0, 0.1) is 6.92 Å². The maximum absolute atomic E-state index is 12.9. The molecule has 1 aliphatic heterocycles. The van der Waals surface area contributed by atoms with Crippen molar-refractivity contribution in [1.29, 1.82) is 0 Å². The van der Waals surface area contributed by atoms with Crippen LogP contribution in [0.1, 0.15) is 28.0 Å². The van der Waals surface area contributed by atoms with E-state index >= 15 is 0 Å². The number of fused-ring (bicyclic) bond motifs is 1. The van der Waals surface area contributed by atoms with E-state index in [-0.39, 0.29) is 11.8 Å². The second kappa shape index (κ2) is 6.45. The molecule has 1 fully saturated rings. The Kier molecular flexibility index (Phi) is 3.91. The van der Waals surface area contributed by atoms with Crippen LogP contribution in [0.3, 0.4) is 0 Å². The largest absolute Gasteiger partial charge is 0.339 e. The molecule has 8 heteroatoms. The van der Waals surface area contributed by atoms with Crippen molar-refractivity contribution in [3.05, 3.63) is 71.0 Å². The van der Waals surface area contributed by atoms with Gasteiger partial charge in [0.05, 0.1) is 11.6 Å². The number of nitrogens with zero attached hydrogens (tertiary/aromatic N) is 5. The first kappa shape index (κ1) is 16.9. The third-order valence-electron chi connectivity index (χ3n) is 4.95. The molecule has 7 nitrogen and oxygen atoms in total. The van der Waals surface area contributed by atoms with Crippen LogP contribution in [0.15, 0.2) is 53.2 Å². The van der Waals surface area contributed by atoms with Gasteiger partial charge in [-0.25, -0.2) is 4.98 Å². The highest BCUT2D eigenvalue weighted by Crippen LogP contribution is 2.30. The van der Waals surface area contributed by atoms with Crippen LogP contribution in [0.2, 0.25) is 5.02 Å². The van der Waals surface area contributed by atoms with Gasteiger partial charge < -0.3 is 9.42 Å². The van der Waals surface area contributed by atoms with Gasteiger partial charge >= 0.3 is 0 Å². The summed E-state index contributed by atoms with van der Waals surface area (Å²) in [6, 6.07) is 13.0. The van der Waals surface area contributed by atoms with Gasteiger partial charge in [-0.2, -0.15) is 4.98 Å². The standard InChI is InChI=1S/C20H16ClN5O2/c1-12-17(26-8-3-2-7-16(26)22-12)20(27)25-10-14(11-25)19-23-18(24-28-19)13-5-4-6-15(21)9-13/h2-9,14H,10-11H2,1H3. The second-order valence-electron chi connectivity index (χ2n) is 6.85. The molecule has 0 spiro atoms. The summed E-state index contributed by atoms with van der Waals surface area (Å²) < 4.78 is 7.24. The minimum atomic E-state index is -0.0398. The molecule has 1 amide bonds. The van der Waals surface area contributed by atoms with Crippen LogP contribution in [-0.2, 0) is 0 Å². The monoisotopic (exact) mass is 393 g/mol. The van der Waals surface area contributed by atoms with Gasteiger partial charge in [-0.05, 0) is 31.2 Å². The summed E-state index contributed by atoms with van der Waals surface area (Å²) in [6.45, 7) is 2.93. The van der Waals surface area contributed by atoms with E-state index in [4.69, 9.17) is 16.1 Å². The van der Waals surface area contributed by atoms with E-state index in [1.165, 1.54) is 0 Å². The SMILES string of the molecule is Cc1nc2ccccn2c1C(=O)N1CC(c2nc(-c3cccc(Cl)c3)no2)C1. The van der Waals surface area contributed by atoms with Crippen LogP contribution in [0.5, 0.6) is 0 Å². The Hall–Kier alpha value is -3.19. The third-order valence-corrected chi connectivity index (χ3v) is 5.18. The molecule has 0 aliphatic carbocycles. The lowest BCUT2D eigenvalue weighted by molar-refractivity contribution is 0.0561. The number of carbonyl (C=O) groups excluding carboxylic acids is 1. The number of pyridine rings is 1. The van der Waals surface area contributed by atoms with Crippen LogP contribution < -0.4 is 0 Å². The average molecular weight is 394 g/mol. The van der Waals surface area contributed by atoms with Crippen molar-refractivity contribution in [3.8, 4) is 11.4 Å². The number of carbonyl (C=O) groups is 1. The lowest BCUT2D eigenvalue weighted by atomic mass is 9.99.